The van der Waals surface area contributed by atoms with Crippen molar-refractivity contribution in [2.45, 2.75) is 25.7 Å². The molecule has 0 aliphatic rings. The first kappa shape index (κ1) is 11.7. The number of imidazole rings is 1. The van der Waals surface area contributed by atoms with E-state index < -0.39 is 0 Å². The van der Waals surface area contributed by atoms with Crippen LogP contribution in [0.4, 0.5) is 0 Å². The van der Waals surface area contributed by atoms with Crippen LogP contribution in [0.1, 0.15) is 31.5 Å². The van der Waals surface area contributed by atoms with Crippen LogP contribution < -0.4 is 11.1 Å². The highest BCUT2D eigenvalue weighted by Gasteiger charge is 2.15. The second-order valence-electron chi connectivity index (χ2n) is 3.46. The van der Waals surface area contributed by atoms with Crippen LogP contribution in [0.5, 0.6) is 0 Å². The zero-order valence-corrected chi connectivity index (χ0v) is 8.99. The van der Waals surface area contributed by atoms with Crippen LogP contribution in [-0.2, 0) is 4.79 Å². The molecule has 5 nitrogen and oxygen atoms in total. The Balaban J connectivity index is 2.44. The average Bonchev–Trinajstić information content (AvgIpc) is 2.76. The largest absolute Gasteiger partial charge is 0.356 e. The van der Waals surface area contributed by atoms with Crippen LogP contribution in [0.2, 0.25) is 0 Å². The topological polar surface area (TPSA) is 83.8 Å². The second-order valence-corrected chi connectivity index (χ2v) is 3.46. The van der Waals surface area contributed by atoms with E-state index in [-0.39, 0.29) is 11.8 Å². The van der Waals surface area contributed by atoms with Gasteiger partial charge in [-0.25, -0.2) is 4.98 Å². The number of hydrogen-bond donors (Lipinski definition) is 3. The smallest absolute Gasteiger partial charge is 0.220 e. The SMILES string of the molecule is CCCNC(=O)CC(CN)c1ncc[nH]1. The summed E-state index contributed by atoms with van der Waals surface area (Å²) < 4.78 is 0. The van der Waals surface area contributed by atoms with Gasteiger partial charge in [0.1, 0.15) is 5.82 Å². The van der Waals surface area contributed by atoms with E-state index in [2.05, 4.69) is 15.3 Å². The lowest BCUT2D eigenvalue weighted by atomic mass is 10.0. The summed E-state index contributed by atoms with van der Waals surface area (Å²) in [6.45, 7) is 3.16. The van der Waals surface area contributed by atoms with E-state index in [1.807, 2.05) is 6.92 Å². The van der Waals surface area contributed by atoms with Crippen molar-refractivity contribution in [2.75, 3.05) is 13.1 Å². The number of H-pyrrole nitrogens is 1. The van der Waals surface area contributed by atoms with Crippen molar-refractivity contribution < 1.29 is 4.79 Å². The molecule has 1 aromatic heterocycles. The van der Waals surface area contributed by atoms with Crippen molar-refractivity contribution in [2.24, 2.45) is 5.73 Å². The number of carbonyl (C=O) groups excluding carboxylic acids is 1. The lowest BCUT2D eigenvalue weighted by molar-refractivity contribution is -0.121. The molecule has 1 atom stereocenters. The predicted octanol–water partition coefficient (Wildman–Crippen LogP) is 0.368. The number of nitrogens with one attached hydrogen (secondary N) is 2. The van der Waals surface area contributed by atoms with E-state index in [1.165, 1.54) is 0 Å². The fourth-order valence-electron chi connectivity index (χ4n) is 1.35. The van der Waals surface area contributed by atoms with Crippen LogP contribution in [0.25, 0.3) is 0 Å². The van der Waals surface area contributed by atoms with Gasteiger partial charge in [0.2, 0.25) is 5.91 Å². The molecule has 4 N–H and O–H groups in total. The minimum atomic E-state index is -0.0168. The van der Waals surface area contributed by atoms with Gasteiger partial charge in [0.05, 0.1) is 0 Å². The first-order valence-electron chi connectivity index (χ1n) is 5.24. The Bertz CT molecular complexity index is 284. The van der Waals surface area contributed by atoms with Gasteiger partial charge in [0.25, 0.3) is 0 Å². The van der Waals surface area contributed by atoms with Gasteiger partial charge in [-0.05, 0) is 6.42 Å². The van der Waals surface area contributed by atoms with Crippen LogP contribution in [0.3, 0.4) is 0 Å². The van der Waals surface area contributed by atoms with Gasteiger partial charge in [-0.15, -0.1) is 0 Å². The van der Waals surface area contributed by atoms with E-state index in [0.717, 1.165) is 12.2 Å². The molecular formula is C10H18N4O. The number of carbonyl (C=O) groups is 1. The lowest BCUT2D eigenvalue weighted by Gasteiger charge is -2.11. The third kappa shape index (κ3) is 3.71. The number of hydrogen-bond acceptors (Lipinski definition) is 3. The van der Waals surface area contributed by atoms with E-state index in [9.17, 15) is 4.79 Å². The first-order chi connectivity index (χ1) is 7.27. The molecule has 1 amide bonds. The molecule has 0 bridgehead atoms. The normalized spacial score (nSPS) is 12.4. The molecule has 15 heavy (non-hydrogen) atoms. The maximum Gasteiger partial charge on any atom is 0.220 e. The summed E-state index contributed by atoms with van der Waals surface area (Å²) in [4.78, 5) is 18.5. The third-order valence-electron chi connectivity index (χ3n) is 2.19. The number of nitrogens with zero attached hydrogens (tertiary/aromatic N) is 1. The maximum atomic E-state index is 11.5. The van der Waals surface area contributed by atoms with Crippen molar-refractivity contribution >= 4 is 5.91 Å². The minimum absolute atomic E-state index is 0.0168. The molecule has 1 aromatic rings. The molecule has 0 radical (unpaired) electrons. The first-order valence-corrected chi connectivity index (χ1v) is 5.24. The summed E-state index contributed by atoms with van der Waals surface area (Å²) in [5.41, 5.74) is 5.60. The number of nitrogens with two attached hydrogens (primary N) is 1. The zero-order chi connectivity index (χ0) is 11.1. The average molecular weight is 210 g/mol. The summed E-state index contributed by atoms with van der Waals surface area (Å²) in [7, 11) is 0. The Morgan fingerprint density at radius 2 is 2.53 bits per heavy atom. The second kappa shape index (κ2) is 6.19. The Morgan fingerprint density at radius 1 is 1.73 bits per heavy atom. The number of aromatic nitrogens is 2. The molecule has 0 saturated heterocycles. The fourth-order valence-corrected chi connectivity index (χ4v) is 1.35. The van der Waals surface area contributed by atoms with Crippen molar-refractivity contribution in [3.63, 3.8) is 0 Å². The third-order valence-corrected chi connectivity index (χ3v) is 2.19. The molecular weight excluding hydrogens is 192 g/mol. The van der Waals surface area contributed by atoms with Crippen LogP contribution in [-0.4, -0.2) is 29.0 Å². The molecule has 84 valence electrons. The molecule has 0 spiro atoms. The summed E-state index contributed by atoms with van der Waals surface area (Å²) in [5.74, 6) is 0.796. The van der Waals surface area contributed by atoms with Gasteiger partial charge < -0.3 is 16.0 Å². The summed E-state index contributed by atoms with van der Waals surface area (Å²) >= 11 is 0. The Morgan fingerprint density at radius 3 is 3.07 bits per heavy atom. The minimum Gasteiger partial charge on any atom is -0.356 e. The summed E-state index contributed by atoms with van der Waals surface area (Å²) in [5, 5.41) is 2.82. The Kier molecular flexibility index (Phi) is 4.83. The van der Waals surface area contributed by atoms with Gasteiger partial charge in [-0.3, -0.25) is 4.79 Å². The number of aromatic amines is 1. The molecule has 1 unspecified atom stereocenters. The molecule has 0 aliphatic heterocycles. The maximum absolute atomic E-state index is 11.5. The molecule has 1 rings (SSSR count). The lowest BCUT2D eigenvalue weighted by Crippen LogP contribution is -2.28. The van der Waals surface area contributed by atoms with Crippen LogP contribution in [0.15, 0.2) is 12.4 Å². The van der Waals surface area contributed by atoms with Crippen molar-refractivity contribution in [3.8, 4) is 0 Å². The van der Waals surface area contributed by atoms with Gasteiger partial charge >= 0.3 is 0 Å². The summed E-state index contributed by atoms with van der Waals surface area (Å²) in [6, 6.07) is 0. The Hall–Kier alpha value is -1.36. The molecule has 0 aromatic carbocycles. The van der Waals surface area contributed by atoms with E-state index in [1.54, 1.807) is 12.4 Å². The van der Waals surface area contributed by atoms with Gasteiger partial charge in [0, 0.05) is 37.8 Å². The van der Waals surface area contributed by atoms with Gasteiger partial charge in [-0.2, -0.15) is 0 Å². The molecule has 5 heteroatoms. The quantitative estimate of drug-likeness (QED) is 0.634. The van der Waals surface area contributed by atoms with E-state index in [4.69, 9.17) is 5.73 Å². The highest BCUT2D eigenvalue weighted by molar-refractivity contribution is 5.76. The molecule has 0 fully saturated rings. The van der Waals surface area contributed by atoms with Crippen LogP contribution in [0, 0.1) is 0 Å². The molecule has 1 heterocycles. The van der Waals surface area contributed by atoms with E-state index in [0.29, 0.717) is 19.5 Å². The molecule has 0 aliphatic carbocycles. The van der Waals surface area contributed by atoms with Gasteiger partial charge in [0.15, 0.2) is 0 Å². The van der Waals surface area contributed by atoms with Crippen molar-refractivity contribution in [1.82, 2.24) is 15.3 Å². The van der Waals surface area contributed by atoms with Crippen molar-refractivity contribution in [3.05, 3.63) is 18.2 Å². The van der Waals surface area contributed by atoms with Crippen LogP contribution >= 0.6 is 0 Å². The Labute approximate surface area is 89.5 Å². The molecule has 0 saturated carbocycles. The highest BCUT2D eigenvalue weighted by Crippen LogP contribution is 2.13. The van der Waals surface area contributed by atoms with Gasteiger partial charge in [-0.1, -0.05) is 6.92 Å². The fraction of sp³-hybridized carbons (Fsp3) is 0.600. The standard InChI is InChI=1S/C10H18N4O/c1-2-3-12-9(15)6-8(7-11)10-13-4-5-14-10/h4-5,8H,2-3,6-7,11H2,1H3,(H,12,15)(H,13,14). The highest BCUT2D eigenvalue weighted by atomic mass is 16.1. The van der Waals surface area contributed by atoms with Crippen molar-refractivity contribution in [1.29, 1.82) is 0 Å². The monoisotopic (exact) mass is 210 g/mol. The predicted molar refractivity (Wildman–Crippen MR) is 58.3 cm³/mol. The summed E-state index contributed by atoms with van der Waals surface area (Å²) in [6.07, 6.45) is 4.74. The van der Waals surface area contributed by atoms with E-state index >= 15 is 0 Å². The number of amides is 1. The number of rotatable bonds is 6. The zero-order valence-electron chi connectivity index (χ0n) is 8.99.